The maximum atomic E-state index is 12.7. The van der Waals surface area contributed by atoms with Crippen LogP contribution in [0.1, 0.15) is 24.1 Å². The van der Waals surface area contributed by atoms with Crippen LogP contribution in [0.5, 0.6) is 0 Å². The molecule has 0 saturated heterocycles. The summed E-state index contributed by atoms with van der Waals surface area (Å²) in [5, 5.41) is 8.47. The number of carbonyl (C=O) groups is 2. The van der Waals surface area contributed by atoms with E-state index in [1.807, 2.05) is 72.8 Å². The lowest BCUT2D eigenvalue weighted by atomic mass is 10.1. The Morgan fingerprint density at radius 1 is 0.933 bits per heavy atom. The molecule has 30 heavy (non-hydrogen) atoms. The van der Waals surface area contributed by atoms with E-state index in [0.29, 0.717) is 23.5 Å². The van der Waals surface area contributed by atoms with Crippen molar-refractivity contribution < 1.29 is 9.59 Å². The normalized spacial score (nSPS) is 13.9. The highest BCUT2D eigenvalue weighted by molar-refractivity contribution is 6.44. The van der Waals surface area contributed by atoms with E-state index in [1.165, 1.54) is 5.01 Å². The zero-order chi connectivity index (χ0) is 20.8. The summed E-state index contributed by atoms with van der Waals surface area (Å²) in [6.45, 7) is 0. The molecule has 0 unspecified atom stereocenters. The number of carbonyl (C=O) groups excluding carboxylic acids is 2. The van der Waals surface area contributed by atoms with E-state index in [-0.39, 0.29) is 18.2 Å². The zero-order valence-electron chi connectivity index (χ0n) is 16.2. The summed E-state index contributed by atoms with van der Waals surface area (Å²) in [6.07, 6.45) is 6.15. The Kier molecular flexibility index (Phi) is 5.75. The SMILES string of the molecule is O=C(Nc1cccc(/C=C/c2ccccn2)c1)C1=NN(c2ccccc2)C(=O)CC1. The van der Waals surface area contributed by atoms with Gasteiger partial charge in [-0.2, -0.15) is 5.10 Å². The Hall–Kier alpha value is -4.06. The number of rotatable bonds is 5. The maximum absolute atomic E-state index is 12.7. The molecule has 0 fully saturated rings. The van der Waals surface area contributed by atoms with E-state index < -0.39 is 0 Å². The van der Waals surface area contributed by atoms with Crippen molar-refractivity contribution in [3.05, 3.63) is 90.3 Å². The molecule has 1 aliphatic heterocycles. The molecule has 0 saturated carbocycles. The van der Waals surface area contributed by atoms with Gasteiger partial charge in [0.15, 0.2) is 0 Å². The summed E-state index contributed by atoms with van der Waals surface area (Å²) in [5.41, 5.74) is 3.43. The second-order valence-corrected chi connectivity index (χ2v) is 6.76. The minimum absolute atomic E-state index is 0.126. The Bertz CT molecular complexity index is 1110. The molecule has 4 rings (SSSR count). The van der Waals surface area contributed by atoms with Crippen LogP contribution in [0.15, 0.2) is 84.1 Å². The Morgan fingerprint density at radius 2 is 1.77 bits per heavy atom. The number of hydrogen-bond acceptors (Lipinski definition) is 4. The molecule has 0 radical (unpaired) electrons. The van der Waals surface area contributed by atoms with E-state index in [0.717, 1.165) is 11.3 Å². The summed E-state index contributed by atoms with van der Waals surface area (Å²) < 4.78 is 0. The van der Waals surface area contributed by atoms with E-state index in [9.17, 15) is 9.59 Å². The van der Waals surface area contributed by atoms with Crippen LogP contribution in [0.2, 0.25) is 0 Å². The quantitative estimate of drug-likeness (QED) is 0.696. The zero-order valence-corrected chi connectivity index (χ0v) is 16.2. The van der Waals surface area contributed by atoms with Gasteiger partial charge in [-0.1, -0.05) is 42.5 Å². The summed E-state index contributed by atoms with van der Waals surface area (Å²) in [5.74, 6) is -0.436. The molecule has 0 spiro atoms. The van der Waals surface area contributed by atoms with Gasteiger partial charge in [-0.25, -0.2) is 5.01 Å². The first kappa shape index (κ1) is 19.3. The van der Waals surface area contributed by atoms with Crippen LogP contribution < -0.4 is 10.3 Å². The first-order valence-corrected chi connectivity index (χ1v) is 9.65. The summed E-state index contributed by atoms with van der Waals surface area (Å²) >= 11 is 0. The van der Waals surface area contributed by atoms with Crippen molar-refractivity contribution in [1.29, 1.82) is 0 Å². The number of para-hydroxylation sites is 1. The monoisotopic (exact) mass is 396 g/mol. The molecule has 0 aliphatic carbocycles. The van der Waals surface area contributed by atoms with Crippen LogP contribution in [0.25, 0.3) is 12.2 Å². The first-order valence-electron chi connectivity index (χ1n) is 9.65. The van der Waals surface area contributed by atoms with E-state index in [4.69, 9.17) is 0 Å². The number of benzene rings is 2. The Labute approximate surface area is 174 Å². The Morgan fingerprint density at radius 3 is 2.57 bits per heavy atom. The van der Waals surface area contributed by atoms with Gasteiger partial charge in [0.1, 0.15) is 5.71 Å². The predicted molar refractivity (Wildman–Crippen MR) is 119 cm³/mol. The molecule has 0 atom stereocenters. The second-order valence-electron chi connectivity index (χ2n) is 6.76. The molecule has 1 N–H and O–H groups in total. The largest absolute Gasteiger partial charge is 0.321 e. The molecule has 6 nitrogen and oxygen atoms in total. The van der Waals surface area contributed by atoms with Crippen LogP contribution in [0.4, 0.5) is 11.4 Å². The Balaban J connectivity index is 1.48. The number of pyridine rings is 1. The smallest absolute Gasteiger partial charge is 0.271 e. The number of hydrogen-bond donors (Lipinski definition) is 1. The van der Waals surface area contributed by atoms with Crippen molar-refractivity contribution in [1.82, 2.24) is 4.98 Å². The maximum Gasteiger partial charge on any atom is 0.271 e. The minimum atomic E-state index is -0.311. The van der Waals surface area contributed by atoms with Crippen LogP contribution in [0.3, 0.4) is 0 Å². The topological polar surface area (TPSA) is 74.7 Å². The number of nitrogens with one attached hydrogen (secondary N) is 1. The molecular formula is C24H20N4O2. The molecule has 1 aromatic heterocycles. The third-order valence-electron chi connectivity index (χ3n) is 4.57. The first-order chi connectivity index (χ1) is 14.7. The third kappa shape index (κ3) is 4.67. The van der Waals surface area contributed by atoms with E-state index in [2.05, 4.69) is 15.4 Å². The summed E-state index contributed by atoms with van der Waals surface area (Å²) in [6, 6.07) is 22.3. The second kappa shape index (κ2) is 8.96. The standard InChI is InChI=1S/C24H20N4O2/c29-23-15-14-22(27-28(23)21-10-2-1-3-11-21)24(30)26-20-9-6-7-18(17-20)12-13-19-8-4-5-16-25-19/h1-13,16-17H,14-15H2,(H,26,30)/b13-12+. The van der Waals surface area contributed by atoms with Crippen LogP contribution in [-0.2, 0) is 9.59 Å². The van der Waals surface area contributed by atoms with Crippen molar-refractivity contribution in [2.24, 2.45) is 5.10 Å². The van der Waals surface area contributed by atoms with Crippen molar-refractivity contribution in [2.75, 3.05) is 10.3 Å². The highest BCUT2D eigenvalue weighted by atomic mass is 16.2. The number of hydrazone groups is 1. The van der Waals surface area contributed by atoms with Gasteiger partial charge in [0, 0.05) is 24.7 Å². The number of nitrogens with zero attached hydrogens (tertiary/aromatic N) is 3. The van der Waals surface area contributed by atoms with Crippen LogP contribution >= 0.6 is 0 Å². The van der Waals surface area contributed by atoms with Gasteiger partial charge in [-0.05, 0) is 48.0 Å². The molecule has 1 aliphatic rings. The fourth-order valence-corrected chi connectivity index (χ4v) is 3.07. The van der Waals surface area contributed by atoms with Crippen LogP contribution in [-0.4, -0.2) is 22.5 Å². The predicted octanol–water partition coefficient (Wildman–Crippen LogP) is 4.37. The summed E-state index contributed by atoms with van der Waals surface area (Å²) in [7, 11) is 0. The van der Waals surface area contributed by atoms with Crippen LogP contribution in [0, 0.1) is 0 Å². The third-order valence-corrected chi connectivity index (χ3v) is 4.57. The molecular weight excluding hydrogens is 376 g/mol. The van der Waals surface area contributed by atoms with Crippen molar-refractivity contribution in [3.8, 4) is 0 Å². The lowest BCUT2D eigenvalue weighted by molar-refractivity contribution is -0.118. The highest BCUT2D eigenvalue weighted by Gasteiger charge is 2.25. The molecule has 148 valence electrons. The molecule has 2 amide bonds. The lowest BCUT2D eigenvalue weighted by Gasteiger charge is -2.23. The average molecular weight is 396 g/mol. The molecule has 3 aromatic rings. The fraction of sp³-hybridized carbons (Fsp3) is 0.0833. The van der Waals surface area contributed by atoms with Gasteiger partial charge in [-0.3, -0.25) is 14.6 Å². The molecule has 2 heterocycles. The highest BCUT2D eigenvalue weighted by Crippen LogP contribution is 2.20. The van der Waals surface area contributed by atoms with Gasteiger partial charge in [0.2, 0.25) is 5.91 Å². The molecule has 0 bridgehead atoms. The van der Waals surface area contributed by atoms with Gasteiger partial charge in [0.25, 0.3) is 5.91 Å². The van der Waals surface area contributed by atoms with Gasteiger partial charge in [-0.15, -0.1) is 0 Å². The van der Waals surface area contributed by atoms with Crippen molar-refractivity contribution in [3.63, 3.8) is 0 Å². The molecule has 2 aromatic carbocycles. The summed E-state index contributed by atoms with van der Waals surface area (Å²) in [4.78, 5) is 29.2. The van der Waals surface area contributed by atoms with Crippen molar-refractivity contribution in [2.45, 2.75) is 12.8 Å². The number of anilines is 2. The van der Waals surface area contributed by atoms with Gasteiger partial charge >= 0.3 is 0 Å². The minimum Gasteiger partial charge on any atom is -0.321 e. The van der Waals surface area contributed by atoms with Crippen molar-refractivity contribution >= 4 is 41.1 Å². The van der Waals surface area contributed by atoms with E-state index >= 15 is 0 Å². The fourth-order valence-electron chi connectivity index (χ4n) is 3.07. The van der Waals surface area contributed by atoms with Gasteiger partial charge in [0.05, 0.1) is 11.4 Å². The average Bonchev–Trinajstić information content (AvgIpc) is 2.79. The number of amides is 2. The number of aromatic nitrogens is 1. The lowest BCUT2D eigenvalue weighted by Crippen LogP contribution is -2.36. The van der Waals surface area contributed by atoms with Gasteiger partial charge < -0.3 is 5.32 Å². The van der Waals surface area contributed by atoms with E-state index in [1.54, 1.807) is 18.3 Å². The molecule has 6 heteroatoms.